The maximum absolute atomic E-state index is 11.9. The SMILES string of the molecule is Cc1cccc(OCC(=O)Nc2ccc3[nH]ccc3c2)c1. The van der Waals surface area contributed by atoms with E-state index in [0.29, 0.717) is 5.75 Å². The molecule has 0 radical (unpaired) electrons. The fourth-order valence-corrected chi connectivity index (χ4v) is 2.18. The third kappa shape index (κ3) is 3.23. The number of hydrogen-bond acceptors (Lipinski definition) is 2. The van der Waals surface area contributed by atoms with Gasteiger partial charge in [0.2, 0.25) is 0 Å². The summed E-state index contributed by atoms with van der Waals surface area (Å²) in [6, 6.07) is 15.3. The van der Waals surface area contributed by atoms with Crippen LogP contribution in [0.4, 0.5) is 5.69 Å². The Hall–Kier alpha value is -2.75. The molecule has 2 N–H and O–H groups in total. The summed E-state index contributed by atoms with van der Waals surface area (Å²) < 4.78 is 5.48. The van der Waals surface area contributed by atoms with E-state index < -0.39 is 0 Å². The lowest BCUT2D eigenvalue weighted by molar-refractivity contribution is -0.118. The first-order valence-corrected chi connectivity index (χ1v) is 6.77. The summed E-state index contributed by atoms with van der Waals surface area (Å²) in [7, 11) is 0. The number of aromatic amines is 1. The Morgan fingerprint density at radius 1 is 1.19 bits per heavy atom. The summed E-state index contributed by atoms with van der Waals surface area (Å²) in [5.41, 5.74) is 2.91. The van der Waals surface area contributed by atoms with Crippen LogP contribution in [0.25, 0.3) is 10.9 Å². The summed E-state index contributed by atoms with van der Waals surface area (Å²) in [5.74, 6) is 0.526. The van der Waals surface area contributed by atoms with Crippen molar-refractivity contribution in [2.45, 2.75) is 6.92 Å². The van der Waals surface area contributed by atoms with E-state index in [9.17, 15) is 4.79 Å². The number of hydrogen-bond donors (Lipinski definition) is 2. The molecule has 0 aliphatic carbocycles. The van der Waals surface area contributed by atoms with Gasteiger partial charge in [0.25, 0.3) is 5.91 Å². The summed E-state index contributed by atoms with van der Waals surface area (Å²) in [6.07, 6.45) is 1.87. The first-order chi connectivity index (χ1) is 10.2. The smallest absolute Gasteiger partial charge is 0.262 e. The molecule has 1 heterocycles. The number of carbonyl (C=O) groups is 1. The zero-order valence-corrected chi connectivity index (χ0v) is 11.7. The molecule has 4 nitrogen and oxygen atoms in total. The van der Waals surface area contributed by atoms with Crippen molar-refractivity contribution in [1.29, 1.82) is 0 Å². The quantitative estimate of drug-likeness (QED) is 0.768. The van der Waals surface area contributed by atoms with Crippen LogP contribution >= 0.6 is 0 Å². The van der Waals surface area contributed by atoms with Crippen molar-refractivity contribution in [2.24, 2.45) is 0 Å². The van der Waals surface area contributed by atoms with E-state index in [1.54, 1.807) is 0 Å². The van der Waals surface area contributed by atoms with Crippen molar-refractivity contribution in [2.75, 3.05) is 11.9 Å². The number of aromatic nitrogens is 1. The van der Waals surface area contributed by atoms with Gasteiger partial charge < -0.3 is 15.0 Å². The van der Waals surface area contributed by atoms with Crippen molar-refractivity contribution in [3.05, 3.63) is 60.3 Å². The second-order valence-corrected chi connectivity index (χ2v) is 4.93. The van der Waals surface area contributed by atoms with Crippen LogP contribution in [0.2, 0.25) is 0 Å². The number of aryl methyl sites for hydroxylation is 1. The van der Waals surface area contributed by atoms with Gasteiger partial charge in [-0.05, 0) is 48.9 Å². The lowest BCUT2D eigenvalue weighted by Gasteiger charge is -2.08. The maximum atomic E-state index is 11.9. The highest BCUT2D eigenvalue weighted by Crippen LogP contribution is 2.18. The number of rotatable bonds is 4. The molecule has 0 spiro atoms. The largest absolute Gasteiger partial charge is 0.484 e. The fraction of sp³-hybridized carbons (Fsp3) is 0.118. The Bertz CT molecular complexity index is 777. The van der Waals surface area contributed by atoms with E-state index in [-0.39, 0.29) is 12.5 Å². The molecular formula is C17H16N2O2. The van der Waals surface area contributed by atoms with Crippen LogP contribution < -0.4 is 10.1 Å². The van der Waals surface area contributed by atoms with Crippen molar-refractivity contribution in [1.82, 2.24) is 4.98 Å². The van der Waals surface area contributed by atoms with E-state index >= 15 is 0 Å². The summed E-state index contributed by atoms with van der Waals surface area (Å²) in [4.78, 5) is 15.0. The first-order valence-electron chi connectivity index (χ1n) is 6.77. The molecule has 0 fully saturated rings. The molecule has 0 saturated heterocycles. The molecule has 0 unspecified atom stereocenters. The maximum Gasteiger partial charge on any atom is 0.262 e. The van der Waals surface area contributed by atoms with Gasteiger partial charge in [-0.3, -0.25) is 4.79 Å². The van der Waals surface area contributed by atoms with Gasteiger partial charge in [0.15, 0.2) is 6.61 Å². The van der Waals surface area contributed by atoms with Gasteiger partial charge in [0.05, 0.1) is 0 Å². The number of amides is 1. The minimum atomic E-state index is -0.175. The van der Waals surface area contributed by atoms with Gasteiger partial charge in [-0.1, -0.05) is 12.1 Å². The van der Waals surface area contributed by atoms with Gasteiger partial charge in [0, 0.05) is 22.8 Å². The lowest BCUT2D eigenvalue weighted by atomic mass is 10.2. The Morgan fingerprint density at radius 3 is 2.95 bits per heavy atom. The van der Waals surface area contributed by atoms with Crippen molar-refractivity contribution >= 4 is 22.5 Å². The average Bonchev–Trinajstić information content (AvgIpc) is 2.93. The van der Waals surface area contributed by atoms with Crippen LogP contribution in [0.15, 0.2) is 54.7 Å². The second-order valence-electron chi connectivity index (χ2n) is 4.93. The topological polar surface area (TPSA) is 54.1 Å². The van der Waals surface area contributed by atoms with Gasteiger partial charge in [-0.25, -0.2) is 0 Å². The van der Waals surface area contributed by atoms with Crippen LogP contribution in [0, 0.1) is 6.92 Å². The van der Waals surface area contributed by atoms with Gasteiger partial charge >= 0.3 is 0 Å². The van der Waals surface area contributed by atoms with Crippen LogP contribution in [0.3, 0.4) is 0 Å². The van der Waals surface area contributed by atoms with Gasteiger partial charge in [-0.2, -0.15) is 0 Å². The minimum absolute atomic E-state index is 0.00533. The fourth-order valence-electron chi connectivity index (χ4n) is 2.18. The standard InChI is InChI=1S/C17H16N2O2/c1-12-3-2-4-15(9-12)21-11-17(20)19-14-5-6-16-13(10-14)7-8-18-16/h2-10,18H,11H2,1H3,(H,19,20). The van der Waals surface area contributed by atoms with Crippen LogP contribution in [-0.2, 0) is 4.79 Å². The Labute approximate surface area is 122 Å². The monoisotopic (exact) mass is 280 g/mol. The second kappa shape index (κ2) is 5.71. The van der Waals surface area contributed by atoms with E-state index in [1.807, 2.05) is 61.7 Å². The molecule has 1 aromatic heterocycles. The van der Waals surface area contributed by atoms with Gasteiger partial charge in [0.1, 0.15) is 5.75 Å². The van der Waals surface area contributed by atoms with Crippen LogP contribution in [0.1, 0.15) is 5.56 Å². The zero-order chi connectivity index (χ0) is 14.7. The number of anilines is 1. The molecule has 0 saturated carbocycles. The van der Waals surface area contributed by atoms with Crippen LogP contribution in [0.5, 0.6) is 5.75 Å². The zero-order valence-electron chi connectivity index (χ0n) is 11.7. The van der Waals surface area contributed by atoms with E-state index in [2.05, 4.69) is 10.3 Å². The highest BCUT2D eigenvalue weighted by atomic mass is 16.5. The first kappa shape index (κ1) is 13.2. The van der Waals surface area contributed by atoms with E-state index in [1.165, 1.54) is 0 Å². The Kier molecular flexibility index (Phi) is 3.60. The van der Waals surface area contributed by atoms with Crippen LogP contribution in [-0.4, -0.2) is 17.5 Å². The molecule has 0 aliphatic heterocycles. The van der Waals surface area contributed by atoms with Crippen molar-refractivity contribution < 1.29 is 9.53 Å². The highest BCUT2D eigenvalue weighted by molar-refractivity contribution is 5.94. The normalized spacial score (nSPS) is 10.5. The number of carbonyl (C=O) groups excluding carboxylic acids is 1. The number of fused-ring (bicyclic) bond motifs is 1. The summed E-state index contributed by atoms with van der Waals surface area (Å²) >= 11 is 0. The number of nitrogens with one attached hydrogen (secondary N) is 2. The lowest BCUT2D eigenvalue weighted by Crippen LogP contribution is -2.20. The molecule has 0 atom stereocenters. The Morgan fingerprint density at radius 2 is 2.10 bits per heavy atom. The molecule has 2 aromatic carbocycles. The minimum Gasteiger partial charge on any atom is -0.484 e. The number of H-pyrrole nitrogens is 1. The molecule has 3 aromatic rings. The number of ether oxygens (including phenoxy) is 1. The van der Waals surface area contributed by atoms with E-state index in [4.69, 9.17) is 4.74 Å². The highest BCUT2D eigenvalue weighted by Gasteiger charge is 2.05. The van der Waals surface area contributed by atoms with E-state index in [0.717, 1.165) is 22.2 Å². The molecule has 106 valence electrons. The van der Waals surface area contributed by atoms with Gasteiger partial charge in [-0.15, -0.1) is 0 Å². The number of benzene rings is 2. The molecule has 0 aliphatic rings. The molecular weight excluding hydrogens is 264 g/mol. The van der Waals surface area contributed by atoms with Crippen molar-refractivity contribution in [3.8, 4) is 5.75 Å². The molecule has 0 bridgehead atoms. The predicted octanol–water partition coefficient (Wildman–Crippen LogP) is 3.49. The summed E-state index contributed by atoms with van der Waals surface area (Å²) in [5, 5.41) is 3.89. The third-order valence-corrected chi connectivity index (χ3v) is 3.20. The summed E-state index contributed by atoms with van der Waals surface area (Å²) in [6.45, 7) is 1.98. The third-order valence-electron chi connectivity index (χ3n) is 3.20. The van der Waals surface area contributed by atoms with Crippen molar-refractivity contribution in [3.63, 3.8) is 0 Å². The average molecular weight is 280 g/mol. The molecule has 3 rings (SSSR count). The molecule has 4 heteroatoms. The Balaban J connectivity index is 1.60. The molecule has 21 heavy (non-hydrogen) atoms. The molecule has 1 amide bonds. The predicted molar refractivity (Wildman–Crippen MR) is 83.6 cm³/mol.